The highest BCUT2D eigenvalue weighted by Crippen LogP contribution is 2.26. The molecule has 2 saturated heterocycles. The second kappa shape index (κ2) is 7.02. The second-order valence-electron chi connectivity index (χ2n) is 5.79. The van der Waals surface area contributed by atoms with E-state index < -0.39 is 0 Å². The lowest BCUT2D eigenvalue weighted by atomic mass is 10.1. The first-order valence-corrected chi connectivity index (χ1v) is 7.90. The van der Waals surface area contributed by atoms with E-state index in [4.69, 9.17) is 9.84 Å². The van der Waals surface area contributed by atoms with E-state index in [0.717, 1.165) is 19.5 Å². The molecule has 0 radical (unpaired) electrons. The van der Waals surface area contributed by atoms with Crippen molar-refractivity contribution in [3.05, 3.63) is 22.7 Å². The zero-order valence-electron chi connectivity index (χ0n) is 12.6. The van der Waals surface area contributed by atoms with Gasteiger partial charge in [0, 0.05) is 19.3 Å². The molecule has 120 valence electrons. The monoisotopic (exact) mass is 306 g/mol. The number of aliphatic hydroxyl groups is 1. The van der Waals surface area contributed by atoms with Gasteiger partial charge in [-0.1, -0.05) is 0 Å². The number of hydrogen-bond acceptors (Lipinski definition) is 5. The van der Waals surface area contributed by atoms with Crippen molar-refractivity contribution in [2.45, 2.75) is 44.4 Å². The van der Waals surface area contributed by atoms with Crippen molar-refractivity contribution in [2.75, 3.05) is 19.7 Å². The molecule has 0 aliphatic carbocycles. The van der Waals surface area contributed by atoms with Crippen molar-refractivity contribution in [2.24, 2.45) is 4.99 Å². The van der Waals surface area contributed by atoms with Gasteiger partial charge in [-0.25, -0.2) is 9.79 Å². The van der Waals surface area contributed by atoms with Crippen molar-refractivity contribution in [1.29, 1.82) is 0 Å². The zero-order chi connectivity index (χ0) is 15.4. The fourth-order valence-electron chi connectivity index (χ4n) is 2.90. The Bertz CT molecular complexity index is 580. The molecule has 0 aromatic carbocycles. The van der Waals surface area contributed by atoms with Crippen LogP contribution in [0.5, 0.6) is 0 Å². The SMILES string of the molecule is O=c1nc(N=CN2CCCCC2)ccn1C1CCC(CO)O1. The molecule has 0 spiro atoms. The van der Waals surface area contributed by atoms with Crippen LogP contribution in [0.1, 0.15) is 38.3 Å². The molecule has 2 fully saturated rings. The van der Waals surface area contributed by atoms with Crippen LogP contribution in [-0.2, 0) is 4.74 Å². The number of aliphatic hydroxyl groups excluding tert-OH is 1. The van der Waals surface area contributed by atoms with Gasteiger partial charge in [0.05, 0.1) is 19.0 Å². The normalized spacial score (nSPS) is 26.0. The van der Waals surface area contributed by atoms with E-state index in [2.05, 4.69) is 14.9 Å². The van der Waals surface area contributed by atoms with Crippen LogP contribution in [-0.4, -0.2) is 51.7 Å². The Morgan fingerprint density at radius 2 is 2.18 bits per heavy atom. The van der Waals surface area contributed by atoms with Crippen LogP contribution in [0.4, 0.5) is 5.82 Å². The molecule has 2 unspecified atom stereocenters. The molecule has 22 heavy (non-hydrogen) atoms. The van der Waals surface area contributed by atoms with Crippen LogP contribution in [0.3, 0.4) is 0 Å². The lowest BCUT2D eigenvalue weighted by Gasteiger charge is -2.23. The second-order valence-corrected chi connectivity index (χ2v) is 5.79. The number of likely N-dealkylation sites (tertiary alicyclic amines) is 1. The number of nitrogens with zero attached hydrogens (tertiary/aromatic N) is 4. The minimum Gasteiger partial charge on any atom is -0.394 e. The number of aromatic nitrogens is 2. The number of ether oxygens (including phenoxy) is 1. The van der Waals surface area contributed by atoms with Gasteiger partial charge >= 0.3 is 5.69 Å². The maximum atomic E-state index is 12.1. The van der Waals surface area contributed by atoms with Gasteiger partial charge in [0.1, 0.15) is 6.23 Å². The van der Waals surface area contributed by atoms with Gasteiger partial charge in [0.2, 0.25) is 0 Å². The Kier molecular flexibility index (Phi) is 4.84. The summed E-state index contributed by atoms with van der Waals surface area (Å²) in [5.41, 5.74) is -0.364. The summed E-state index contributed by atoms with van der Waals surface area (Å²) in [4.78, 5) is 22.5. The highest BCUT2D eigenvalue weighted by Gasteiger charge is 2.26. The molecule has 3 heterocycles. The molecule has 7 heteroatoms. The average molecular weight is 306 g/mol. The largest absolute Gasteiger partial charge is 0.394 e. The van der Waals surface area contributed by atoms with Gasteiger partial charge < -0.3 is 14.7 Å². The molecule has 2 atom stereocenters. The van der Waals surface area contributed by atoms with Gasteiger partial charge in [-0.3, -0.25) is 4.57 Å². The van der Waals surface area contributed by atoms with E-state index in [1.807, 2.05) is 0 Å². The topological polar surface area (TPSA) is 80.0 Å². The van der Waals surface area contributed by atoms with Crippen LogP contribution < -0.4 is 5.69 Å². The summed E-state index contributed by atoms with van der Waals surface area (Å²) in [6, 6.07) is 1.72. The van der Waals surface area contributed by atoms with Gasteiger partial charge in [0.25, 0.3) is 0 Å². The molecule has 1 aromatic heterocycles. The van der Waals surface area contributed by atoms with Crippen LogP contribution in [0.25, 0.3) is 0 Å². The van der Waals surface area contributed by atoms with Crippen molar-refractivity contribution in [3.8, 4) is 0 Å². The maximum Gasteiger partial charge on any atom is 0.351 e. The Labute approximate surface area is 129 Å². The van der Waals surface area contributed by atoms with Crippen LogP contribution in [0.15, 0.2) is 22.1 Å². The lowest BCUT2D eigenvalue weighted by Crippen LogP contribution is -2.28. The molecule has 2 aliphatic rings. The smallest absolute Gasteiger partial charge is 0.351 e. The molecule has 1 aromatic rings. The van der Waals surface area contributed by atoms with Crippen LogP contribution in [0.2, 0.25) is 0 Å². The van der Waals surface area contributed by atoms with Gasteiger partial charge in [-0.15, -0.1) is 0 Å². The van der Waals surface area contributed by atoms with E-state index in [0.29, 0.717) is 12.2 Å². The van der Waals surface area contributed by atoms with Crippen LogP contribution >= 0.6 is 0 Å². The highest BCUT2D eigenvalue weighted by molar-refractivity contribution is 5.59. The van der Waals surface area contributed by atoms with Crippen molar-refractivity contribution in [3.63, 3.8) is 0 Å². The first-order valence-electron chi connectivity index (χ1n) is 7.90. The Hall–Kier alpha value is -1.73. The first kappa shape index (κ1) is 15.2. The molecule has 0 amide bonds. The number of rotatable bonds is 4. The van der Waals surface area contributed by atoms with E-state index in [-0.39, 0.29) is 24.6 Å². The fraction of sp³-hybridized carbons (Fsp3) is 0.667. The molecule has 0 saturated carbocycles. The predicted molar refractivity (Wildman–Crippen MR) is 82.3 cm³/mol. The molecule has 1 N–H and O–H groups in total. The highest BCUT2D eigenvalue weighted by atomic mass is 16.5. The molecular formula is C15H22N4O3. The third kappa shape index (κ3) is 3.53. The standard InChI is InChI=1S/C15H22N4O3/c20-10-12-4-5-14(22-12)19-9-6-13(17-15(19)21)16-11-18-7-2-1-3-8-18/h6,9,11-12,14,20H,1-5,7-8,10H2. The van der Waals surface area contributed by atoms with Crippen molar-refractivity contribution in [1.82, 2.24) is 14.5 Å². The van der Waals surface area contributed by atoms with E-state index in [1.165, 1.54) is 23.8 Å². The third-order valence-electron chi connectivity index (χ3n) is 4.16. The van der Waals surface area contributed by atoms with E-state index in [9.17, 15) is 4.79 Å². The maximum absolute atomic E-state index is 12.1. The summed E-state index contributed by atoms with van der Waals surface area (Å²) >= 11 is 0. The van der Waals surface area contributed by atoms with Gasteiger partial charge in [-0.2, -0.15) is 4.98 Å². The van der Waals surface area contributed by atoms with E-state index >= 15 is 0 Å². The van der Waals surface area contributed by atoms with Crippen molar-refractivity contribution < 1.29 is 9.84 Å². The van der Waals surface area contributed by atoms with Crippen molar-refractivity contribution >= 4 is 12.2 Å². The van der Waals surface area contributed by atoms with Crippen LogP contribution in [0, 0.1) is 0 Å². The summed E-state index contributed by atoms with van der Waals surface area (Å²) in [5, 5.41) is 9.09. The number of piperidine rings is 1. The summed E-state index contributed by atoms with van der Waals surface area (Å²) < 4.78 is 7.07. The van der Waals surface area contributed by atoms with Gasteiger partial charge in [-0.05, 0) is 38.2 Å². The number of aliphatic imine (C=N–C) groups is 1. The Balaban J connectivity index is 1.67. The third-order valence-corrected chi connectivity index (χ3v) is 4.16. The Morgan fingerprint density at radius 1 is 1.36 bits per heavy atom. The summed E-state index contributed by atoms with van der Waals surface area (Å²) in [6.07, 6.45) is 8.03. The molecule has 7 nitrogen and oxygen atoms in total. The average Bonchev–Trinajstić information content (AvgIpc) is 3.03. The number of hydrogen-bond donors (Lipinski definition) is 1. The first-order chi connectivity index (χ1) is 10.8. The zero-order valence-corrected chi connectivity index (χ0v) is 12.6. The Morgan fingerprint density at radius 3 is 2.86 bits per heavy atom. The summed E-state index contributed by atoms with van der Waals surface area (Å²) in [5.74, 6) is 0.420. The molecular weight excluding hydrogens is 284 g/mol. The minimum atomic E-state index is -0.364. The van der Waals surface area contributed by atoms with Gasteiger partial charge in [0.15, 0.2) is 5.82 Å². The lowest BCUT2D eigenvalue weighted by molar-refractivity contribution is -0.0245. The minimum absolute atomic E-state index is 0.0170. The molecule has 3 rings (SSSR count). The molecule has 0 bridgehead atoms. The summed E-state index contributed by atoms with van der Waals surface area (Å²) in [6.45, 7) is 2.01. The fourth-order valence-corrected chi connectivity index (χ4v) is 2.90. The summed E-state index contributed by atoms with van der Waals surface area (Å²) in [7, 11) is 0. The quantitative estimate of drug-likeness (QED) is 0.664. The van der Waals surface area contributed by atoms with E-state index in [1.54, 1.807) is 18.6 Å². The molecule has 2 aliphatic heterocycles. The predicted octanol–water partition coefficient (Wildman–Crippen LogP) is 1.06.